The zero-order valence-corrected chi connectivity index (χ0v) is 9.47. The summed E-state index contributed by atoms with van der Waals surface area (Å²) in [6, 6.07) is 1.98. The molecule has 0 aliphatic carbocycles. The van der Waals surface area contributed by atoms with Crippen LogP contribution >= 0.6 is 0 Å². The van der Waals surface area contributed by atoms with Gasteiger partial charge in [0.15, 0.2) is 0 Å². The fourth-order valence-corrected chi connectivity index (χ4v) is 1.71. The van der Waals surface area contributed by atoms with E-state index in [1.165, 1.54) is 7.11 Å². The van der Waals surface area contributed by atoms with Crippen molar-refractivity contribution in [2.24, 2.45) is 0 Å². The van der Waals surface area contributed by atoms with Gasteiger partial charge in [-0.25, -0.2) is 9.78 Å². The van der Waals surface area contributed by atoms with Crippen molar-refractivity contribution in [3.63, 3.8) is 0 Å². The van der Waals surface area contributed by atoms with Crippen LogP contribution in [-0.2, 0) is 4.74 Å². The molecule has 16 heavy (non-hydrogen) atoms. The predicted molar refractivity (Wildman–Crippen MR) is 59.3 cm³/mol. The van der Waals surface area contributed by atoms with E-state index >= 15 is 0 Å². The summed E-state index contributed by atoms with van der Waals surface area (Å²) in [6.45, 7) is 3.99. The van der Waals surface area contributed by atoms with E-state index in [2.05, 4.69) is 9.97 Å². The van der Waals surface area contributed by atoms with Gasteiger partial charge in [0.25, 0.3) is 0 Å². The van der Waals surface area contributed by atoms with Crippen LogP contribution in [0.1, 0.15) is 30.5 Å². The number of rotatable bonds is 2. The van der Waals surface area contributed by atoms with Crippen LogP contribution in [0.3, 0.4) is 0 Å². The first kappa shape index (κ1) is 10.6. The van der Waals surface area contributed by atoms with Gasteiger partial charge in [0.1, 0.15) is 5.52 Å². The fraction of sp³-hybridized carbons (Fsp3) is 0.364. The number of ether oxygens (including phenoxy) is 1. The van der Waals surface area contributed by atoms with Crippen molar-refractivity contribution in [2.75, 3.05) is 7.11 Å². The molecule has 84 valence electrons. The Morgan fingerprint density at radius 1 is 1.50 bits per heavy atom. The molecule has 2 rings (SSSR count). The first-order chi connectivity index (χ1) is 7.65. The zero-order valence-electron chi connectivity index (χ0n) is 9.47. The molecule has 0 unspecified atom stereocenters. The molecule has 2 heterocycles. The van der Waals surface area contributed by atoms with Crippen LogP contribution in [0.5, 0.6) is 0 Å². The second kappa shape index (κ2) is 3.92. The second-order valence-corrected chi connectivity index (χ2v) is 3.76. The van der Waals surface area contributed by atoms with Crippen LogP contribution in [0.25, 0.3) is 11.0 Å². The van der Waals surface area contributed by atoms with Crippen molar-refractivity contribution >= 4 is 17.0 Å². The number of methoxy groups -OCH3 is 1. The molecule has 0 N–H and O–H groups in total. The molecule has 5 nitrogen and oxygen atoms in total. The maximum Gasteiger partial charge on any atom is 0.374 e. The molecule has 2 aromatic heterocycles. The van der Waals surface area contributed by atoms with Crippen molar-refractivity contribution < 1.29 is 9.53 Å². The van der Waals surface area contributed by atoms with E-state index in [1.54, 1.807) is 12.4 Å². The van der Waals surface area contributed by atoms with Gasteiger partial charge in [0, 0.05) is 12.2 Å². The summed E-state index contributed by atoms with van der Waals surface area (Å²) in [7, 11) is 1.35. The monoisotopic (exact) mass is 219 g/mol. The van der Waals surface area contributed by atoms with Gasteiger partial charge in [0.05, 0.1) is 18.8 Å². The molecule has 0 spiro atoms. The number of nitrogens with zero attached hydrogens (tertiary/aromatic N) is 3. The molecule has 0 fully saturated rings. The lowest BCUT2D eigenvalue weighted by molar-refractivity contribution is 0.0580. The van der Waals surface area contributed by atoms with Crippen LogP contribution in [0, 0.1) is 0 Å². The zero-order chi connectivity index (χ0) is 11.7. The van der Waals surface area contributed by atoms with Gasteiger partial charge in [-0.1, -0.05) is 0 Å². The van der Waals surface area contributed by atoms with E-state index < -0.39 is 5.97 Å². The molecule has 0 bridgehead atoms. The molecule has 2 aromatic rings. The number of imidazole rings is 1. The molecule has 0 aliphatic heterocycles. The number of hydrogen-bond donors (Lipinski definition) is 0. The van der Waals surface area contributed by atoms with E-state index in [1.807, 2.05) is 24.5 Å². The summed E-state index contributed by atoms with van der Waals surface area (Å²) in [4.78, 5) is 19.8. The highest BCUT2D eigenvalue weighted by Crippen LogP contribution is 2.20. The number of aromatic nitrogens is 3. The highest BCUT2D eigenvalue weighted by Gasteiger charge is 2.19. The van der Waals surface area contributed by atoms with Crippen LogP contribution in [0.4, 0.5) is 0 Å². The maximum absolute atomic E-state index is 11.6. The standard InChI is InChI=1S/C11H13N3O2/c1-7(2)14-9-4-5-12-6-8(9)13-10(14)11(15)16-3/h4-7H,1-3H3. The van der Waals surface area contributed by atoms with Gasteiger partial charge < -0.3 is 9.30 Å². The van der Waals surface area contributed by atoms with Crippen LogP contribution in [0.2, 0.25) is 0 Å². The molecule has 0 aromatic carbocycles. The van der Waals surface area contributed by atoms with E-state index in [9.17, 15) is 4.79 Å². The Morgan fingerprint density at radius 2 is 2.25 bits per heavy atom. The smallest absolute Gasteiger partial charge is 0.374 e. The average Bonchev–Trinajstić information content (AvgIpc) is 2.67. The molecule has 0 radical (unpaired) electrons. The van der Waals surface area contributed by atoms with E-state index in [-0.39, 0.29) is 6.04 Å². The Hall–Kier alpha value is -1.91. The third-order valence-electron chi connectivity index (χ3n) is 2.38. The molecular weight excluding hydrogens is 206 g/mol. The van der Waals surface area contributed by atoms with Gasteiger partial charge in [-0.15, -0.1) is 0 Å². The van der Waals surface area contributed by atoms with E-state index in [4.69, 9.17) is 4.74 Å². The first-order valence-corrected chi connectivity index (χ1v) is 5.05. The van der Waals surface area contributed by atoms with Gasteiger partial charge in [-0.05, 0) is 19.9 Å². The second-order valence-electron chi connectivity index (χ2n) is 3.76. The Labute approximate surface area is 93.1 Å². The predicted octanol–water partition coefficient (Wildman–Crippen LogP) is 1.80. The summed E-state index contributed by atoms with van der Waals surface area (Å²) in [5.74, 6) is -0.106. The molecule has 0 saturated heterocycles. The number of carbonyl (C=O) groups excluding carboxylic acids is 1. The Kier molecular flexibility index (Phi) is 2.60. The number of pyridine rings is 1. The van der Waals surface area contributed by atoms with Gasteiger partial charge in [-0.3, -0.25) is 4.98 Å². The van der Waals surface area contributed by atoms with Gasteiger partial charge in [-0.2, -0.15) is 0 Å². The quantitative estimate of drug-likeness (QED) is 0.723. The summed E-state index contributed by atoms with van der Waals surface area (Å²) < 4.78 is 6.56. The first-order valence-electron chi connectivity index (χ1n) is 5.05. The Morgan fingerprint density at radius 3 is 2.88 bits per heavy atom. The van der Waals surface area contributed by atoms with E-state index in [0.717, 1.165) is 5.52 Å². The minimum atomic E-state index is -0.426. The average molecular weight is 219 g/mol. The Bertz CT molecular complexity index is 531. The highest BCUT2D eigenvalue weighted by atomic mass is 16.5. The molecular formula is C11H13N3O2. The third-order valence-corrected chi connectivity index (χ3v) is 2.38. The van der Waals surface area contributed by atoms with Crippen molar-refractivity contribution in [2.45, 2.75) is 19.9 Å². The van der Waals surface area contributed by atoms with Gasteiger partial charge in [0.2, 0.25) is 5.82 Å². The maximum atomic E-state index is 11.6. The number of hydrogen-bond acceptors (Lipinski definition) is 4. The topological polar surface area (TPSA) is 57.0 Å². The van der Waals surface area contributed by atoms with Crippen LogP contribution in [0.15, 0.2) is 18.5 Å². The SMILES string of the molecule is COC(=O)c1nc2cnccc2n1C(C)C. The van der Waals surface area contributed by atoms with Crippen molar-refractivity contribution in [3.05, 3.63) is 24.3 Å². The molecule has 0 atom stereocenters. The normalized spacial score (nSPS) is 11.0. The largest absolute Gasteiger partial charge is 0.463 e. The fourth-order valence-electron chi connectivity index (χ4n) is 1.71. The minimum absolute atomic E-state index is 0.140. The summed E-state index contributed by atoms with van der Waals surface area (Å²) in [5, 5.41) is 0. The Balaban J connectivity index is 2.73. The number of carbonyl (C=O) groups is 1. The van der Waals surface area contributed by atoms with Crippen molar-refractivity contribution in [1.29, 1.82) is 0 Å². The lowest BCUT2D eigenvalue weighted by atomic mass is 10.3. The molecule has 5 heteroatoms. The summed E-state index contributed by atoms with van der Waals surface area (Å²) in [6.07, 6.45) is 3.32. The lowest BCUT2D eigenvalue weighted by Crippen LogP contribution is -2.13. The van der Waals surface area contributed by atoms with Crippen molar-refractivity contribution in [3.8, 4) is 0 Å². The highest BCUT2D eigenvalue weighted by molar-refractivity contribution is 5.90. The summed E-state index contributed by atoms with van der Waals surface area (Å²) >= 11 is 0. The minimum Gasteiger partial charge on any atom is -0.463 e. The molecule has 0 amide bonds. The third kappa shape index (κ3) is 1.54. The molecule has 0 saturated carbocycles. The lowest BCUT2D eigenvalue weighted by Gasteiger charge is -2.11. The van der Waals surface area contributed by atoms with Crippen LogP contribution < -0.4 is 0 Å². The number of fused-ring (bicyclic) bond motifs is 1. The van der Waals surface area contributed by atoms with Gasteiger partial charge >= 0.3 is 5.97 Å². The number of esters is 1. The van der Waals surface area contributed by atoms with Crippen molar-refractivity contribution in [1.82, 2.24) is 14.5 Å². The van der Waals surface area contributed by atoms with E-state index in [0.29, 0.717) is 11.3 Å². The molecule has 0 aliphatic rings. The van der Waals surface area contributed by atoms with Crippen LogP contribution in [-0.4, -0.2) is 27.6 Å². The summed E-state index contributed by atoms with van der Waals surface area (Å²) in [5.41, 5.74) is 1.60.